The van der Waals surface area contributed by atoms with E-state index in [2.05, 4.69) is 25.4 Å². The Morgan fingerprint density at radius 2 is 2.15 bits per heavy atom. The molecule has 0 unspecified atom stereocenters. The second-order valence-corrected chi connectivity index (χ2v) is 6.58. The summed E-state index contributed by atoms with van der Waals surface area (Å²) in [7, 11) is 1.99. The van der Waals surface area contributed by atoms with Crippen molar-refractivity contribution < 1.29 is 0 Å². The molecule has 3 heterocycles. The molecule has 3 aromatic heterocycles. The van der Waals surface area contributed by atoms with E-state index in [1.54, 1.807) is 6.20 Å². The van der Waals surface area contributed by atoms with Crippen LogP contribution in [-0.2, 0) is 6.54 Å². The minimum Gasteiger partial charge on any atom is -0.355 e. The monoisotopic (exact) mass is 367 g/mol. The van der Waals surface area contributed by atoms with Gasteiger partial charge in [0.2, 0.25) is 5.95 Å². The summed E-state index contributed by atoms with van der Waals surface area (Å²) in [5.74, 6) is 2.16. The Morgan fingerprint density at radius 3 is 2.92 bits per heavy atom. The predicted octanol–water partition coefficient (Wildman–Crippen LogP) is 3.79. The second-order valence-electron chi connectivity index (χ2n) is 6.14. The molecule has 0 bridgehead atoms. The third-order valence-corrected chi connectivity index (χ3v) is 4.26. The van der Waals surface area contributed by atoms with E-state index in [9.17, 15) is 0 Å². The van der Waals surface area contributed by atoms with Gasteiger partial charge in [-0.1, -0.05) is 23.7 Å². The second kappa shape index (κ2) is 6.68. The van der Waals surface area contributed by atoms with Crippen molar-refractivity contribution >= 4 is 34.8 Å². The maximum atomic E-state index is 6.09. The molecule has 4 aromatic rings. The Labute approximate surface area is 155 Å². The van der Waals surface area contributed by atoms with E-state index >= 15 is 0 Å². The number of anilines is 3. The molecule has 0 aliphatic heterocycles. The molecule has 0 amide bonds. The number of nitrogens with one attached hydrogen (secondary N) is 2. The molecule has 0 saturated carbocycles. The van der Waals surface area contributed by atoms with Crippen LogP contribution in [0.2, 0.25) is 5.02 Å². The van der Waals surface area contributed by atoms with Crippen molar-refractivity contribution in [2.75, 3.05) is 17.3 Å². The average Bonchev–Trinajstić information content (AvgIpc) is 3.23. The highest BCUT2D eigenvalue weighted by Gasteiger charge is 2.12. The highest BCUT2D eigenvalue weighted by Crippen LogP contribution is 2.22. The summed E-state index contributed by atoms with van der Waals surface area (Å²) in [6.07, 6.45) is 3.61. The number of benzene rings is 1. The summed E-state index contributed by atoms with van der Waals surface area (Å²) in [5.41, 5.74) is 2.90. The van der Waals surface area contributed by atoms with Crippen molar-refractivity contribution in [1.29, 1.82) is 0 Å². The van der Waals surface area contributed by atoms with Crippen molar-refractivity contribution in [1.82, 2.24) is 24.6 Å². The maximum Gasteiger partial charge on any atom is 0.216 e. The van der Waals surface area contributed by atoms with Gasteiger partial charge in [0.15, 0.2) is 5.82 Å². The molecule has 0 atom stereocenters. The molecule has 7 nitrogen and oxygen atoms in total. The number of H-pyrrole nitrogens is 1. The average molecular weight is 368 g/mol. The van der Waals surface area contributed by atoms with Gasteiger partial charge in [-0.3, -0.25) is 9.50 Å². The Morgan fingerprint density at radius 1 is 1.27 bits per heavy atom. The van der Waals surface area contributed by atoms with Crippen LogP contribution in [0.15, 0.2) is 48.8 Å². The summed E-state index contributed by atoms with van der Waals surface area (Å²) >= 11 is 6.09. The molecule has 4 rings (SSSR count). The van der Waals surface area contributed by atoms with E-state index in [0.29, 0.717) is 18.3 Å². The standard InChI is InChI=1S/C18H18ClN7/c1-12-8-15(24-23-12)21-18-22-17(10-16-20-6-7-26(16)18)25(2)11-13-4-3-5-14(19)9-13/h3-10H,11H2,1-2H3,(H2,21,22,23,24). The summed E-state index contributed by atoms with van der Waals surface area (Å²) in [5, 5.41) is 11.1. The Kier molecular flexibility index (Phi) is 4.22. The quantitative estimate of drug-likeness (QED) is 0.561. The first-order valence-corrected chi connectivity index (χ1v) is 8.55. The van der Waals surface area contributed by atoms with Crippen LogP contribution in [0.1, 0.15) is 11.3 Å². The van der Waals surface area contributed by atoms with Gasteiger partial charge < -0.3 is 10.2 Å². The molecule has 0 fully saturated rings. The molecule has 8 heteroatoms. The third kappa shape index (κ3) is 3.34. The first-order valence-electron chi connectivity index (χ1n) is 8.17. The number of aromatic amines is 1. The lowest BCUT2D eigenvalue weighted by Gasteiger charge is -2.19. The van der Waals surface area contributed by atoms with Crippen LogP contribution in [0.5, 0.6) is 0 Å². The zero-order valence-corrected chi connectivity index (χ0v) is 15.2. The third-order valence-electron chi connectivity index (χ3n) is 4.02. The zero-order chi connectivity index (χ0) is 18.1. The minimum atomic E-state index is 0.652. The molecule has 0 aliphatic rings. The fraction of sp³-hybridized carbons (Fsp3) is 0.167. The van der Waals surface area contributed by atoms with Gasteiger partial charge >= 0.3 is 0 Å². The topological polar surface area (TPSA) is 74.1 Å². The number of imidazole rings is 1. The molecular formula is C18H18ClN7. The number of aromatic nitrogens is 5. The number of aryl methyl sites for hydroxylation is 1. The number of hydrogen-bond acceptors (Lipinski definition) is 5. The lowest BCUT2D eigenvalue weighted by molar-refractivity contribution is 0.890. The van der Waals surface area contributed by atoms with Crippen LogP contribution in [0.4, 0.5) is 17.6 Å². The fourth-order valence-corrected chi connectivity index (χ4v) is 2.99. The van der Waals surface area contributed by atoms with E-state index in [1.165, 1.54) is 0 Å². The van der Waals surface area contributed by atoms with Gasteiger partial charge in [-0.25, -0.2) is 4.98 Å². The SMILES string of the molecule is Cc1cc(Nc2nc(N(C)Cc3cccc(Cl)c3)cc3nccn23)n[nH]1. The number of nitrogens with zero attached hydrogens (tertiary/aromatic N) is 5. The summed E-state index contributed by atoms with van der Waals surface area (Å²) in [6, 6.07) is 11.7. The molecule has 26 heavy (non-hydrogen) atoms. The smallest absolute Gasteiger partial charge is 0.216 e. The first kappa shape index (κ1) is 16.4. The van der Waals surface area contributed by atoms with Gasteiger partial charge in [-0.2, -0.15) is 10.1 Å². The van der Waals surface area contributed by atoms with Gasteiger partial charge in [0.25, 0.3) is 0 Å². The van der Waals surface area contributed by atoms with Crippen LogP contribution in [0.3, 0.4) is 0 Å². The van der Waals surface area contributed by atoms with Gasteiger partial charge in [-0.05, 0) is 24.6 Å². The Balaban J connectivity index is 1.66. The molecule has 2 N–H and O–H groups in total. The molecule has 132 valence electrons. The summed E-state index contributed by atoms with van der Waals surface area (Å²) < 4.78 is 1.89. The van der Waals surface area contributed by atoms with E-state index in [4.69, 9.17) is 16.6 Å². The highest BCUT2D eigenvalue weighted by molar-refractivity contribution is 6.30. The van der Waals surface area contributed by atoms with Gasteiger partial charge in [-0.15, -0.1) is 0 Å². The van der Waals surface area contributed by atoms with Crippen molar-refractivity contribution in [2.24, 2.45) is 0 Å². The van der Waals surface area contributed by atoms with E-state index in [0.717, 1.165) is 27.7 Å². The van der Waals surface area contributed by atoms with Gasteiger partial charge in [0.1, 0.15) is 11.5 Å². The van der Waals surface area contributed by atoms with E-state index in [1.807, 2.05) is 61.0 Å². The van der Waals surface area contributed by atoms with Crippen molar-refractivity contribution in [3.63, 3.8) is 0 Å². The maximum absolute atomic E-state index is 6.09. The normalized spacial score (nSPS) is 11.0. The van der Waals surface area contributed by atoms with Crippen LogP contribution in [-0.4, -0.2) is 31.6 Å². The van der Waals surface area contributed by atoms with Crippen LogP contribution in [0, 0.1) is 6.92 Å². The van der Waals surface area contributed by atoms with Gasteiger partial charge in [0.05, 0.1) is 0 Å². The van der Waals surface area contributed by atoms with Gasteiger partial charge in [0, 0.05) is 48.8 Å². The number of fused-ring (bicyclic) bond motifs is 1. The lowest BCUT2D eigenvalue weighted by atomic mass is 10.2. The Bertz CT molecular complexity index is 1050. The largest absolute Gasteiger partial charge is 0.355 e. The highest BCUT2D eigenvalue weighted by atomic mass is 35.5. The van der Waals surface area contributed by atoms with Crippen molar-refractivity contribution in [3.05, 3.63) is 65.1 Å². The number of hydrogen-bond donors (Lipinski definition) is 2. The summed E-state index contributed by atoms with van der Waals surface area (Å²) in [6.45, 7) is 2.64. The Hall–Kier alpha value is -3.06. The predicted molar refractivity (Wildman–Crippen MR) is 103 cm³/mol. The minimum absolute atomic E-state index is 0.652. The van der Waals surface area contributed by atoms with Crippen LogP contribution in [0.25, 0.3) is 5.65 Å². The first-order chi connectivity index (χ1) is 12.6. The molecule has 0 aliphatic carbocycles. The molecule has 0 saturated heterocycles. The lowest BCUT2D eigenvalue weighted by Crippen LogP contribution is -2.19. The van der Waals surface area contributed by atoms with Crippen LogP contribution < -0.4 is 10.2 Å². The van der Waals surface area contributed by atoms with Crippen LogP contribution >= 0.6 is 11.6 Å². The van der Waals surface area contributed by atoms with E-state index < -0.39 is 0 Å². The van der Waals surface area contributed by atoms with Crippen molar-refractivity contribution in [2.45, 2.75) is 13.5 Å². The molecular weight excluding hydrogens is 350 g/mol. The molecule has 0 radical (unpaired) electrons. The molecule has 1 aromatic carbocycles. The summed E-state index contributed by atoms with van der Waals surface area (Å²) in [4.78, 5) is 11.2. The fourth-order valence-electron chi connectivity index (χ4n) is 2.78. The van der Waals surface area contributed by atoms with E-state index in [-0.39, 0.29) is 0 Å². The van der Waals surface area contributed by atoms with Crippen molar-refractivity contribution in [3.8, 4) is 0 Å². The molecule has 0 spiro atoms. The number of halogens is 1. The zero-order valence-electron chi connectivity index (χ0n) is 14.4. The number of rotatable bonds is 5.